The predicted octanol–water partition coefficient (Wildman–Crippen LogP) is 3.38. The lowest BCUT2D eigenvalue weighted by molar-refractivity contribution is 0.487. The van der Waals surface area contributed by atoms with Crippen molar-refractivity contribution < 1.29 is 0 Å². The molecule has 1 atom stereocenters. The Bertz CT molecular complexity index is 289. The van der Waals surface area contributed by atoms with Crippen LogP contribution in [0.25, 0.3) is 0 Å². The van der Waals surface area contributed by atoms with Crippen LogP contribution in [0.2, 0.25) is 0 Å². The Morgan fingerprint density at radius 3 is 2.80 bits per heavy atom. The van der Waals surface area contributed by atoms with Crippen LogP contribution in [0, 0.1) is 3.57 Å². The van der Waals surface area contributed by atoms with Gasteiger partial charge in [0.2, 0.25) is 0 Å². The molecule has 1 aromatic rings. The summed E-state index contributed by atoms with van der Waals surface area (Å²) >= 11 is 2.33. The normalized spacial score (nSPS) is 12.7. The first-order chi connectivity index (χ1) is 7.27. The van der Waals surface area contributed by atoms with E-state index in [1.165, 1.54) is 28.4 Å². The highest BCUT2D eigenvalue weighted by molar-refractivity contribution is 14.1. The number of hydrogen-bond donors (Lipinski definition) is 2. The fourth-order valence-electron chi connectivity index (χ4n) is 1.67. The highest BCUT2D eigenvalue weighted by atomic mass is 127. The number of halogens is 1. The number of rotatable bonds is 6. The minimum Gasteiger partial charge on any atom is -0.271 e. The summed E-state index contributed by atoms with van der Waals surface area (Å²) in [7, 11) is 0. The van der Waals surface area contributed by atoms with E-state index in [0.29, 0.717) is 6.04 Å². The van der Waals surface area contributed by atoms with Crippen LogP contribution in [0.1, 0.15) is 44.2 Å². The second-order valence-corrected chi connectivity index (χ2v) is 5.02. The molecule has 3 N–H and O–H groups in total. The summed E-state index contributed by atoms with van der Waals surface area (Å²) in [4.78, 5) is 0. The molecule has 1 unspecified atom stereocenters. The van der Waals surface area contributed by atoms with Crippen molar-refractivity contribution >= 4 is 22.6 Å². The van der Waals surface area contributed by atoms with Gasteiger partial charge < -0.3 is 0 Å². The van der Waals surface area contributed by atoms with Crippen LogP contribution < -0.4 is 11.3 Å². The van der Waals surface area contributed by atoms with Gasteiger partial charge in [-0.05, 0) is 46.7 Å². The highest BCUT2D eigenvalue weighted by Gasteiger charge is 2.08. The van der Waals surface area contributed by atoms with E-state index in [9.17, 15) is 0 Å². The van der Waals surface area contributed by atoms with Gasteiger partial charge in [-0.1, -0.05) is 38.3 Å². The van der Waals surface area contributed by atoms with Crippen LogP contribution in [0.3, 0.4) is 0 Å². The third kappa shape index (κ3) is 4.49. The molecule has 0 radical (unpaired) electrons. The number of nitrogens with one attached hydrogen (secondary N) is 1. The molecule has 0 spiro atoms. The Morgan fingerprint density at radius 2 is 2.20 bits per heavy atom. The maximum absolute atomic E-state index is 5.58. The maximum atomic E-state index is 5.58. The lowest BCUT2D eigenvalue weighted by Gasteiger charge is -2.16. The van der Waals surface area contributed by atoms with Crippen molar-refractivity contribution in [2.75, 3.05) is 0 Å². The Balaban J connectivity index is 2.57. The topological polar surface area (TPSA) is 38.0 Å². The summed E-state index contributed by atoms with van der Waals surface area (Å²) in [5.74, 6) is 5.58. The Kier molecular flexibility index (Phi) is 6.20. The van der Waals surface area contributed by atoms with Gasteiger partial charge in [-0.25, -0.2) is 0 Å². The molecule has 15 heavy (non-hydrogen) atoms. The first-order valence-electron chi connectivity index (χ1n) is 5.49. The van der Waals surface area contributed by atoms with Gasteiger partial charge in [0.15, 0.2) is 0 Å². The molecule has 0 aromatic heterocycles. The van der Waals surface area contributed by atoms with Gasteiger partial charge in [-0.2, -0.15) is 0 Å². The maximum Gasteiger partial charge on any atom is 0.0460 e. The number of hydrazine groups is 1. The SMILES string of the molecule is CCCCCC(NN)c1cccc(I)c1. The standard InChI is InChI=1S/C12H19IN2/c1-2-3-4-8-12(15-14)10-6-5-7-11(13)9-10/h5-7,9,12,15H,2-4,8,14H2,1H3. The van der Waals surface area contributed by atoms with Gasteiger partial charge in [0.25, 0.3) is 0 Å². The highest BCUT2D eigenvalue weighted by Crippen LogP contribution is 2.20. The Hall–Kier alpha value is -0.130. The van der Waals surface area contributed by atoms with Gasteiger partial charge in [-0.15, -0.1) is 0 Å². The predicted molar refractivity (Wildman–Crippen MR) is 73.4 cm³/mol. The van der Waals surface area contributed by atoms with E-state index in [1.54, 1.807) is 0 Å². The molecule has 0 saturated carbocycles. The molecule has 0 bridgehead atoms. The molecule has 0 saturated heterocycles. The van der Waals surface area contributed by atoms with Crippen molar-refractivity contribution in [3.8, 4) is 0 Å². The Labute approximate surface area is 106 Å². The zero-order valence-corrected chi connectivity index (χ0v) is 11.3. The van der Waals surface area contributed by atoms with Crippen molar-refractivity contribution in [2.45, 2.75) is 38.6 Å². The molecule has 0 aliphatic rings. The molecule has 0 aliphatic carbocycles. The lowest BCUT2D eigenvalue weighted by Crippen LogP contribution is -2.28. The van der Waals surface area contributed by atoms with Crippen molar-refractivity contribution in [2.24, 2.45) is 5.84 Å². The summed E-state index contributed by atoms with van der Waals surface area (Å²) in [6, 6.07) is 8.81. The smallest absolute Gasteiger partial charge is 0.0460 e. The average molecular weight is 318 g/mol. The van der Waals surface area contributed by atoms with Gasteiger partial charge in [-0.3, -0.25) is 11.3 Å². The second kappa shape index (κ2) is 7.19. The van der Waals surface area contributed by atoms with Crippen LogP contribution in [0.4, 0.5) is 0 Å². The first kappa shape index (κ1) is 12.9. The summed E-state index contributed by atoms with van der Waals surface area (Å²) in [5.41, 5.74) is 4.19. The Morgan fingerprint density at radius 1 is 1.40 bits per heavy atom. The van der Waals surface area contributed by atoms with Gasteiger partial charge in [0.1, 0.15) is 0 Å². The largest absolute Gasteiger partial charge is 0.271 e. The summed E-state index contributed by atoms with van der Waals surface area (Å²) in [5, 5.41) is 0. The third-order valence-electron chi connectivity index (χ3n) is 2.55. The van der Waals surface area contributed by atoms with Crippen molar-refractivity contribution in [1.29, 1.82) is 0 Å². The molecule has 1 rings (SSSR count). The van der Waals surface area contributed by atoms with Crippen LogP contribution in [0.5, 0.6) is 0 Å². The molecule has 84 valence electrons. The van der Waals surface area contributed by atoms with E-state index in [1.807, 2.05) is 0 Å². The molecule has 0 aliphatic heterocycles. The van der Waals surface area contributed by atoms with Crippen molar-refractivity contribution in [3.05, 3.63) is 33.4 Å². The van der Waals surface area contributed by atoms with E-state index >= 15 is 0 Å². The lowest BCUT2D eigenvalue weighted by atomic mass is 10.0. The number of unbranched alkanes of at least 4 members (excludes halogenated alkanes) is 2. The van der Waals surface area contributed by atoms with Crippen LogP contribution in [-0.4, -0.2) is 0 Å². The summed E-state index contributed by atoms with van der Waals surface area (Å²) < 4.78 is 1.26. The molecule has 0 amide bonds. The van der Waals surface area contributed by atoms with Crippen molar-refractivity contribution in [1.82, 2.24) is 5.43 Å². The van der Waals surface area contributed by atoms with Crippen molar-refractivity contribution in [3.63, 3.8) is 0 Å². The van der Waals surface area contributed by atoms with E-state index in [4.69, 9.17) is 5.84 Å². The fourth-order valence-corrected chi connectivity index (χ4v) is 2.24. The second-order valence-electron chi connectivity index (χ2n) is 3.77. The molecule has 1 aromatic carbocycles. The molecular weight excluding hydrogens is 299 g/mol. The van der Waals surface area contributed by atoms with E-state index < -0.39 is 0 Å². The first-order valence-corrected chi connectivity index (χ1v) is 6.57. The minimum atomic E-state index is 0.297. The molecule has 0 heterocycles. The number of benzene rings is 1. The van der Waals surface area contributed by atoms with Gasteiger partial charge in [0, 0.05) is 9.61 Å². The minimum absolute atomic E-state index is 0.297. The average Bonchev–Trinajstić information content (AvgIpc) is 2.24. The molecule has 3 heteroatoms. The summed E-state index contributed by atoms with van der Waals surface area (Å²) in [6.07, 6.45) is 4.88. The van der Waals surface area contributed by atoms with E-state index in [2.05, 4.69) is 59.2 Å². The number of hydrogen-bond acceptors (Lipinski definition) is 2. The van der Waals surface area contributed by atoms with Gasteiger partial charge >= 0.3 is 0 Å². The van der Waals surface area contributed by atoms with E-state index in [0.717, 1.165) is 6.42 Å². The van der Waals surface area contributed by atoms with Gasteiger partial charge in [0.05, 0.1) is 0 Å². The monoisotopic (exact) mass is 318 g/mol. The van der Waals surface area contributed by atoms with Crippen LogP contribution >= 0.6 is 22.6 Å². The quantitative estimate of drug-likeness (QED) is 0.365. The molecular formula is C12H19IN2. The zero-order valence-electron chi connectivity index (χ0n) is 9.17. The third-order valence-corrected chi connectivity index (χ3v) is 3.22. The molecule has 2 nitrogen and oxygen atoms in total. The summed E-state index contributed by atoms with van der Waals surface area (Å²) in [6.45, 7) is 2.22. The van der Waals surface area contributed by atoms with Crippen LogP contribution in [0.15, 0.2) is 24.3 Å². The van der Waals surface area contributed by atoms with Crippen LogP contribution in [-0.2, 0) is 0 Å². The molecule has 0 fully saturated rings. The zero-order chi connectivity index (χ0) is 11.1. The number of nitrogens with two attached hydrogens (primary N) is 1. The van der Waals surface area contributed by atoms with E-state index in [-0.39, 0.29) is 0 Å². The fraction of sp³-hybridized carbons (Fsp3) is 0.500.